The molecule has 0 amide bonds. The third kappa shape index (κ3) is 4.06. The van der Waals surface area contributed by atoms with Gasteiger partial charge >= 0.3 is 0 Å². The molecule has 28 heavy (non-hydrogen) atoms. The molecule has 0 saturated heterocycles. The molecule has 6 nitrogen and oxygen atoms in total. The summed E-state index contributed by atoms with van der Waals surface area (Å²) in [4.78, 5) is 13.2. The van der Waals surface area contributed by atoms with Gasteiger partial charge < -0.3 is 5.32 Å². The molecule has 3 heterocycles. The van der Waals surface area contributed by atoms with Gasteiger partial charge in [0.05, 0.1) is 17.6 Å². The Balaban J connectivity index is 1.50. The van der Waals surface area contributed by atoms with E-state index in [4.69, 9.17) is 0 Å². The summed E-state index contributed by atoms with van der Waals surface area (Å²) >= 11 is 0. The second kappa shape index (κ2) is 8.00. The van der Waals surface area contributed by atoms with Crippen molar-refractivity contribution in [1.82, 2.24) is 24.7 Å². The normalized spacial score (nSPS) is 11.9. The molecule has 0 radical (unpaired) electrons. The van der Waals surface area contributed by atoms with Crippen molar-refractivity contribution in [2.45, 2.75) is 26.3 Å². The third-order valence-electron chi connectivity index (χ3n) is 4.54. The fraction of sp³-hybridized carbons (Fsp3) is 0.182. The van der Waals surface area contributed by atoms with Crippen LogP contribution in [-0.4, -0.2) is 30.8 Å². The number of anilines is 1. The van der Waals surface area contributed by atoms with Gasteiger partial charge in [-0.25, -0.2) is 14.6 Å². The van der Waals surface area contributed by atoms with E-state index in [1.165, 1.54) is 11.1 Å². The molecule has 140 valence electrons. The summed E-state index contributed by atoms with van der Waals surface area (Å²) in [7, 11) is 0. The van der Waals surface area contributed by atoms with Crippen LogP contribution in [0.2, 0.25) is 0 Å². The zero-order chi connectivity index (χ0) is 19.3. The predicted octanol–water partition coefficient (Wildman–Crippen LogP) is 4.08. The molecular weight excluding hydrogens is 348 g/mol. The van der Waals surface area contributed by atoms with Gasteiger partial charge in [-0.1, -0.05) is 24.3 Å². The van der Waals surface area contributed by atoms with Crippen molar-refractivity contribution in [3.63, 3.8) is 0 Å². The first-order valence-corrected chi connectivity index (χ1v) is 9.28. The number of aryl methyl sites for hydroxylation is 1. The Morgan fingerprint density at radius 1 is 1.04 bits per heavy atom. The van der Waals surface area contributed by atoms with E-state index >= 15 is 0 Å². The molecule has 0 fully saturated rings. The number of hydrogen-bond acceptors (Lipinski definition) is 5. The molecule has 0 spiro atoms. The average molecular weight is 370 g/mol. The summed E-state index contributed by atoms with van der Waals surface area (Å²) in [6.45, 7) is 4.19. The van der Waals surface area contributed by atoms with Gasteiger partial charge in [-0.05, 0) is 49.6 Å². The zero-order valence-corrected chi connectivity index (χ0v) is 15.9. The van der Waals surface area contributed by atoms with E-state index in [1.807, 2.05) is 47.5 Å². The maximum Gasteiger partial charge on any atom is 0.223 e. The van der Waals surface area contributed by atoms with Crippen LogP contribution in [0.25, 0.3) is 16.9 Å². The van der Waals surface area contributed by atoms with Crippen molar-refractivity contribution >= 4 is 5.95 Å². The van der Waals surface area contributed by atoms with Crippen LogP contribution in [0.4, 0.5) is 5.95 Å². The van der Waals surface area contributed by atoms with Crippen LogP contribution in [0.1, 0.15) is 18.1 Å². The minimum atomic E-state index is 0.189. The number of aromatic nitrogens is 5. The Morgan fingerprint density at radius 3 is 2.75 bits per heavy atom. The molecule has 0 aliphatic rings. The molecule has 4 aromatic rings. The van der Waals surface area contributed by atoms with E-state index < -0.39 is 0 Å². The fourth-order valence-electron chi connectivity index (χ4n) is 3.14. The maximum atomic E-state index is 4.66. The summed E-state index contributed by atoms with van der Waals surface area (Å²) in [5.74, 6) is 0.609. The van der Waals surface area contributed by atoms with Crippen LogP contribution in [0.5, 0.6) is 0 Å². The van der Waals surface area contributed by atoms with Crippen molar-refractivity contribution in [2.24, 2.45) is 0 Å². The summed E-state index contributed by atoms with van der Waals surface area (Å²) in [5.41, 5.74) is 5.20. The van der Waals surface area contributed by atoms with Gasteiger partial charge in [-0.3, -0.25) is 4.98 Å². The smallest absolute Gasteiger partial charge is 0.223 e. The first-order chi connectivity index (χ1) is 13.7. The molecule has 0 saturated carbocycles. The van der Waals surface area contributed by atoms with E-state index in [1.54, 1.807) is 12.4 Å². The highest BCUT2D eigenvalue weighted by Gasteiger charge is 2.10. The Labute approximate surface area is 164 Å². The van der Waals surface area contributed by atoms with Crippen LogP contribution >= 0.6 is 0 Å². The van der Waals surface area contributed by atoms with Gasteiger partial charge in [0.25, 0.3) is 0 Å². The lowest BCUT2D eigenvalue weighted by molar-refractivity contribution is 0.774. The lowest BCUT2D eigenvalue weighted by Gasteiger charge is -2.13. The summed E-state index contributed by atoms with van der Waals surface area (Å²) in [6.07, 6.45) is 10.1. The van der Waals surface area contributed by atoms with E-state index in [0.29, 0.717) is 5.95 Å². The first kappa shape index (κ1) is 17.9. The second-order valence-electron chi connectivity index (χ2n) is 6.84. The van der Waals surface area contributed by atoms with Gasteiger partial charge in [0.2, 0.25) is 5.95 Å². The van der Waals surface area contributed by atoms with Crippen molar-refractivity contribution < 1.29 is 0 Å². The van der Waals surface area contributed by atoms with Crippen LogP contribution in [-0.2, 0) is 6.42 Å². The highest BCUT2D eigenvalue weighted by molar-refractivity contribution is 5.59. The Morgan fingerprint density at radius 2 is 1.93 bits per heavy atom. The largest absolute Gasteiger partial charge is 0.351 e. The number of rotatable bonds is 6. The summed E-state index contributed by atoms with van der Waals surface area (Å²) in [5, 5.41) is 7.87. The Hall–Kier alpha value is -3.54. The number of hydrogen-bond donors (Lipinski definition) is 1. The van der Waals surface area contributed by atoms with Gasteiger partial charge in [0, 0.05) is 36.4 Å². The van der Waals surface area contributed by atoms with Crippen molar-refractivity contribution in [3.05, 3.63) is 84.6 Å². The van der Waals surface area contributed by atoms with Crippen LogP contribution in [0.15, 0.2) is 73.4 Å². The molecule has 3 aromatic heterocycles. The molecule has 0 bridgehead atoms. The van der Waals surface area contributed by atoms with E-state index in [-0.39, 0.29) is 6.04 Å². The Bertz CT molecular complexity index is 1060. The molecule has 1 aromatic carbocycles. The first-order valence-electron chi connectivity index (χ1n) is 9.28. The monoisotopic (exact) mass is 370 g/mol. The molecule has 0 aliphatic heterocycles. The fourth-order valence-corrected chi connectivity index (χ4v) is 3.14. The lowest BCUT2D eigenvalue weighted by atomic mass is 10.1. The minimum Gasteiger partial charge on any atom is -0.351 e. The van der Waals surface area contributed by atoms with Crippen LogP contribution < -0.4 is 5.32 Å². The molecule has 1 N–H and O–H groups in total. The maximum absolute atomic E-state index is 4.66. The molecular formula is C22H22N6. The van der Waals surface area contributed by atoms with Gasteiger partial charge in [-0.2, -0.15) is 5.10 Å². The number of nitrogens with zero attached hydrogens (tertiary/aromatic N) is 5. The molecule has 0 unspecified atom stereocenters. The highest BCUT2D eigenvalue weighted by atomic mass is 15.3. The molecule has 6 heteroatoms. The zero-order valence-electron chi connectivity index (χ0n) is 15.9. The molecule has 0 aliphatic carbocycles. The van der Waals surface area contributed by atoms with Crippen molar-refractivity contribution in [2.75, 3.05) is 5.32 Å². The molecule has 1 atom stereocenters. The predicted molar refractivity (Wildman–Crippen MR) is 110 cm³/mol. The van der Waals surface area contributed by atoms with Gasteiger partial charge in [0.15, 0.2) is 0 Å². The Kier molecular flexibility index (Phi) is 5.10. The average Bonchev–Trinajstić information content (AvgIpc) is 3.19. The number of pyridine rings is 1. The third-order valence-corrected chi connectivity index (χ3v) is 4.54. The second-order valence-corrected chi connectivity index (χ2v) is 6.84. The van der Waals surface area contributed by atoms with Crippen molar-refractivity contribution in [1.29, 1.82) is 0 Å². The van der Waals surface area contributed by atoms with E-state index in [0.717, 1.165) is 23.4 Å². The molecule has 4 rings (SSSR count). The number of para-hydroxylation sites is 1. The topological polar surface area (TPSA) is 68.5 Å². The summed E-state index contributed by atoms with van der Waals surface area (Å²) in [6, 6.07) is 14.3. The SMILES string of the molecule is Cc1ccccc1-n1cc(-c2ccnc(N[C@@H](C)Cc3cccnc3)n2)cn1. The number of nitrogens with one attached hydrogen (secondary N) is 1. The van der Waals surface area contributed by atoms with E-state index in [2.05, 4.69) is 57.4 Å². The van der Waals surface area contributed by atoms with Crippen LogP contribution in [0, 0.1) is 6.92 Å². The van der Waals surface area contributed by atoms with Gasteiger partial charge in [0.1, 0.15) is 0 Å². The minimum absolute atomic E-state index is 0.189. The lowest BCUT2D eigenvalue weighted by Crippen LogP contribution is -2.19. The summed E-state index contributed by atoms with van der Waals surface area (Å²) < 4.78 is 1.88. The van der Waals surface area contributed by atoms with Crippen LogP contribution in [0.3, 0.4) is 0 Å². The van der Waals surface area contributed by atoms with Gasteiger partial charge in [-0.15, -0.1) is 0 Å². The van der Waals surface area contributed by atoms with Crippen molar-refractivity contribution in [3.8, 4) is 16.9 Å². The number of benzene rings is 1. The quantitative estimate of drug-likeness (QED) is 0.554. The van der Waals surface area contributed by atoms with E-state index in [9.17, 15) is 0 Å². The standard InChI is InChI=1S/C22H22N6/c1-16-6-3-4-8-21(16)28-15-19(14-25-28)20-9-11-24-22(27-20)26-17(2)12-18-7-5-10-23-13-18/h3-11,13-15,17H,12H2,1-2H3,(H,24,26,27)/t17-/m0/s1. The highest BCUT2D eigenvalue weighted by Crippen LogP contribution is 2.20.